The van der Waals surface area contributed by atoms with Crippen molar-refractivity contribution in [3.8, 4) is 34.5 Å². The summed E-state index contributed by atoms with van der Waals surface area (Å²) in [4.78, 5) is 11.5. The topological polar surface area (TPSA) is 124 Å². The second-order valence-corrected chi connectivity index (χ2v) is 7.17. The van der Waals surface area contributed by atoms with Crippen LogP contribution in [0.25, 0.3) is 0 Å². The van der Waals surface area contributed by atoms with Crippen LogP contribution in [0.4, 0.5) is 0 Å². The minimum absolute atomic E-state index is 0.0786. The molecular formula is C22H26O9. The van der Waals surface area contributed by atoms with Gasteiger partial charge in [0.1, 0.15) is 0 Å². The quantitative estimate of drug-likeness (QED) is 0.575. The van der Waals surface area contributed by atoms with Crippen LogP contribution in [0.5, 0.6) is 34.5 Å². The van der Waals surface area contributed by atoms with Gasteiger partial charge in [0.05, 0.1) is 47.1 Å². The van der Waals surface area contributed by atoms with E-state index in [1.807, 2.05) is 0 Å². The third-order valence-electron chi connectivity index (χ3n) is 5.47. The SMILES string of the molecule is COc1cc(C(c2cc(OC)c(O)c(OC)c2)[C@@H]2C[C@@H](C(=O)O)CO2)cc(OC)c1O. The minimum Gasteiger partial charge on any atom is -0.502 e. The summed E-state index contributed by atoms with van der Waals surface area (Å²) in [5.74, 6) is -1.56. The Morgan fingerprint density at radius 3 is 1.55 bits per heavy atom. The number of carboxylic acid groups (broad SMARTS) is 1. The van der Waals surface area contributed by atoms with E-state index in [1.54, 1.807) is 24.3 Å². The molecule has 0 amide bonds. The molecule has 0 aromatic heterocycles. The van der Waals surface area contributed by atoms with Gasteiger partial charge in [-0.15, -0.1) is 0 Å². The van der Waals surface area contributed by atoms with E-state index in [-0.39, 0.29) is 47.5 Å². The lowest BCUT2D eigenvalue weighted by atomic mass is 9.83. The molecule has 0 aliphatic carbocycles. The molecule has 1 aliphatic rings. The first-order valence-electron chi connectivity index (χ1n) is 9.58. The summed E-state index contributed by atoms with van der Waals surface area (Å²) in [6.07, 6.45) is -0.226. The second-order valence-electron chi connectivity index (χ2n) is 7.17. The average Bonchev–Trinajstić information content (AvgIpc) is 3.25. The predicted octanol–water partition coefficient (Wildman–Crippen LogP) is 2.75. The number of aromatic hydroxyl groups is 2. The van der Waals surface area contributed by atoms with E-state index >= 15 is 0 Å². The van der Waals surface area contributed by atoms with Crippen LogP contribution in [0.3, 0.4) is 0 Å². The number of carboxylic acids is 1. The Hall–Kier alpha value is -3.33. The molecule has 1 saturated heterocycles. The van der Waals surface area contributed by atoms with E-state index in [9.17, 15) is 20.1 Å². The Balaban J connectivity index is 2.19. The average molecular weight is 434 g/mol. The summed E-state index contributed by atoms with van der Waals surface area (Å²) in [5.41, 5.74) is 1.33. The molecule has 0 spiro atoms. The molecule has 31 heavy (non-hydrogen) atoms. The molecule has 2 aromatic rings. The Bertz CT molecular complexity index is 844. The van der Waals surface area contributed by atoms with Crippen LogP contribution in [-0.2, 0) is 9.53 Å². The second kappa shape index (κ2) is 9.22. The highest BCUT2D eigenvalue weighted by molar-refractivity contribution is 5.70. The molecule has 1 aliphatic heterocycles. The highest BCUT2D eigenvalue weighted by Crippen LogP contribution is 2.47. The maximum atomic E-state index is 11.5. The molecule has 168 valence electrons. The fraction of sp³-hybridized carbons (Fsp3) is 0.409. The zero-order valence-corrected chi connectivity index (χ0v) is 17.7. The van der Waals surface area contributed by atoms with Gasteiger partial charge in [0.15, 0.2) is 23.0 Å². The normalized spacial score (nSPS) is 18.1. The molecule has 0 radical (unpaired) electrons. The fourth-order valence-corrected chi connectivity index (χ4v) is 3.87. The highest BCUT2D eigenvalue weighted by Gasteiger charge is 2.38. The number of rotatable bonds is 8. The van der Waals surface area contributed by atoms with Gasteiger partial charge in [0.25, 0.3) is 0 Å². The van der Waals surface area contributed by atoms with Crippen molar-refractivity contribution in [3.05, 3.63) is 35.4 Å². The molecule has 1 fully saturated rings. The minimum atomic E-state index is -0.928. The van der Waals surface area contributed by atoms with E-state index in [0.717, 1.165) is 0 Å². The monoisotopic (exact) mass is 434 g/mol. The number of hydrogen-bond donors (Lipinski definition) is 3. The number of phenols is 2. The first kappa shape index (κ1) is 22.4. The van der Waals surface area contributed by atoms with Crippen molar-refractivity contribution in [2.75, 3.05) is 35.0 Å². The van der Waals surface area contributed by atoms with Crippen molar-refractivity contribution in [1.29, 1.82) is 0 Å². The first-order valence-corrected chi connectivity index (χ1v) is 9.58. The van der Waals surface area contributed by atoms with Crippen LogP contribution >= 0.6 is 0 Å². The number of carbonyl (C=O) groups is 1. The highest BCUT2D eigenvalue weighted by atomic mass is 16.5. The van der Waals surface area contributed by atoms with Crippen molar-refractivity contribution in [3.63, 3.8) is 0 Å². The largest absolute Gasteiger partial charge is 0.502 e. The zero-order valence-electron chi connectivity index (χ0n) is 17.7. The maximum absolute atomic E-state index is 11.5. The molecule has 1 heterocycles. The predicted molar refractivity (Wildman–Crippen MR) is 110 cm³/mol. The maximum Gasteiger partial charge on any atom is 0.308 e. The molecule has 9 nitrogen and oxygen atoms in total. The van der Waals surface area contributed by atoms with E-state index < -0.39 is 23.9 Å². The van der Waals surface area contributed by atoms with Gasteiger partial charge < -0.3 is 39.0 Å². The Morgan fingerprint density at radius 1 is 0.871 bits per heavy atom. The van der Waals surface area contributed by atoms with Gasteiger partial charge in [-0.05, 0) is 41.8 Å². The van der Waals surface area contributed by atoms with Crippen LogP contribution in [0.2, 0.25) is 0 Å². The van der Waals surface area contributed by atoms with Crippen molar-refractivity contribution >= 4 is 5.97 Å². The lowest BCUT2D eigenvalue weighted by Crippen LogP contribution is -2.20. The standard InChI is InChI=1S/C22H26O9/c1-27-15-5-11(6-16(28-2)20(15)23)19(14-9-13(10-31-14)22(25)26)12-7-17(29-3)21(24)18(8-12)30-4/h5-8,13-14,19,23-24H,9-10H2,1-4H3,(H,25,26)/t13-,14+/m1/s1. The number of benzene rings is 2. The Kier molecular flexibility index (Phi) is 6.65. The summed E-state index contributed by atoms with van der Waals surface area (Å²) in [5, 5.41) is 30.1. The fourth-order valence-electron chi connectivity index (χ4n) is 3.87. The van der Waals surface area contributed by atoms with Gasteiger partial charge in [0.2, 0.25) is 11.5 Å². The van der Waals surface area contributed by atoms with Crippen LogP contribution in [0.15, 0.2) is 24.3 Å². The lowest BCUT2D eigenvalue weighted by molar-refractivity contribution is -0.141. The van der Waals surface area contributed by atoms with Gasteiger partial charge in [0, 0.05) is 5.92 Å². The smallest absolute Gasteiger partial charge is 0.308 e. The van der Waals surface area contributed by atoms with Gasteiger partial charge in [-0.2, -0.15) is 0 Å². The van der Waals surface area contributed by atoms with E-state index in [4.69, 9.17) is 23.7 Å². The number of ether oxygens (including phenoxy) is 5. The van der Waals surface area contributed by atoms with Crippen molar-refractivity contribution in [2.45, 2.75) is 18.4 Å². The summed E-state index contributed by atoms with van der Waals surface area (Å²) < 4.78 is 27.0. The molecule has 0 saturated carbocycles. The molecule has 3 N–H and O–H groups in total. The third kappa shape index (κ3) is 4.27. The van der Waals surface area contributed by atoms with Crippen LogP contribution in [-0.4, -0.2) is 62.4 Å². The van der Waals surface area contributed by atoms with Gasteiger partial charge in [-0.3, -0.25) is 4.79 Å². The van der Waals surface area contributed by atoms with E-state index in [2.05, 4.69) is 0 Å². The Labute approximate surface area is 179 Å². The van der Waals surface area contributed by atoms with Crippen LogP contribution in [0.1, 0.15) is 23.5 Å². The number of hydrogen-bond acceptors (Lipinski definition) is 8. The molecule has 0 bridgehead atoms. The summed E-state index contributed by atoms with van der Waals surface area (Å²) >= 11 is 0. The van der Waals surface area contributed by atoms with E-state index in [0.29, 0.717) is 11.1 Å². The van der Waals surface area contributed by atoms with Crippen LogP contribution in [0, 0.1) is 5.92 Å². The molecular weight excluding hydrogens is 408 g/mol. The number of aliphatic carboxylic acids is 1. The molecule has 2 aromatic carbocycles. The molecule has 9 heteroatoms. The third-order valence-corrected chi connectivity index (χ3v) is 5.47. The molecule has 2 atom stereocenters. The zero-order chi connectivity index (χ0) is 22.7. The Morgan fingerprint density at radius 2 is 1.26 bits per heavy atom. The summed E-state index contributed by atoms with van der Waals surface area (Å²) in [6.45, 7) is 0.0786. The van der Waals surface area contributed by atoms with Crippen LogP contribution < -0.4 is 18.9 Å². The first-order chi connectivity index (χ1) is 14.8. The van der Waals surface area contributed by atoms with Crippen molar-refractivity contribution in [2.24, 2.45) is 5.92 Å². The number of phenolic OH excluding ortho intramolecular Hbond substituents is 2. The number of methoxy groups -OCH3 is 4. The lowest BCUT2D eigenvalue weighted by Gasteiger charge is -2.26. The van der Waals surface area contributed by atoms with Crippen molar-refractivity contribution < 1.29 is 43.8 Å². The van der Waals surface area contributed by atoms with Crippen molar-refractivity contribution in [1.82, 2.24) is 0 Å². The van der Waals surface area contributed by atoms with Gasteiger partial charge in [-0.25, -0.2) is 0 Å². The summed E-state index contributed by atoms with van der Waals surface area (Å²) in [6, 6.07) is 6.58. The molecule has 3 rings (SSSR count). The van der Waals surface area contributed by atoms with Gasteiger partial charge >= 0.3 is 5.97 Å². The van der Waals surface area contributed by atoms with E-state index in [1.165, 1.54) is 28.4 Å². The van der Waals surface area contributed by atoms with Gasteiger partial charge in [-0.1, -0.05) is 0 Å². The summed E-state index contributed by atoms with van der Waals surface area (Å²) in [7, 11) is 5.69. The molecule has 0 unspecified atom stereocenters.